The predicted molar refractivity (Wildman–Crippen MR) is 56.6 cm³/mol. The molecule has 0 aromatic rings. The van der Waals surface area contributed by atoms with E-state index in [2.05, 4.69) is 26.1 Å². The molecule has 0 fully saturated rings. The Morgan fingerprint density at radius 2 is 2.00 bits per heavy atom. The highest BCUT2D eigenvalue weighted by molar-refractivity contribution is 5.75. The zero-order valence-electron chi connectivity index (χ0n) is 9.23. The first kappa shape index (κ1) is 12.5. The third-order valence-electron chi connectivity index (χ3n) is 2.01. The highest BCUT2D eigenvalue weighted by Gasteiger charge is 2.00. The molecule has 1 amide bonds. The largest absolute Gasteiger partial charge is 0.356 e. The van der Waals surface area contributed by atoms with E-state index in [0.717, 1.165) is 25.3 Å². The van der Waals surface area contributed by atoms with Crippen molar-refractivity contribution in [2.75, 3.05) is 6.54 Å². The van der Waals surface area contributed by atoms with Crippen LogP contribution in [0.5, 0.6) is 0 Å². The van der Waals surface area contributed by atoms with E-state index < -0.39 is 0 Å². The van der Waals surface area contributed by atoms with Crippen LogP contribution < -0.4 is 5.32 Å². The van der Waals surface area contributed by atoms with E-state index in [4.69, 9.17) is 0 Å². The van der Waals surface area contributed by atoms with Gasteiger partial charge in [-0.1, -0.05) is 33.6 Å². The molecule has 0 aromatic heterocycles. The van der Waals surface area contributed by atoms with Gasteiger partial charge in [0.1, 0.15) is 0 Å². The maximum atomic E-state index is 11.1. The van der Waals surface area contributed by atoms with Crippen LogP contribution in [0, 0.1) is 5.92 Å². The van der Waals surface area contributed by atoms with Crippen molar-refractivity contribution in [2.24, 2.45) is 5.92 Å². The predicted octanol–water partition coefficient (Wildman–Crippen LogP) is 2.73. The molecule has 0 rings (SSSR count). The average molecular weight is 185 g/mol. The molecule has 13 heavy (non-hydrogen) atoms. The molecular weight excluding hydrogens is 162 g/mol. The summed E-state index contributed by atoms with van der Waals surface area (Å²) in [6.07, 6.45) is 5.18. The van der Waals surface area contributed by atoms with Crippen LogP contribution in [-0.2, 0) is 4.79 Å². The van der Waals surface area contributed by atoms with E-state index in [0.29, 0.717) is 6.42 Å². The van der Waals surface area contributed by atoms with Gasteiger partial charge in [-0.2, -0.15) is 0 Å². The molecule has 0 bridgehead atoms. The molecule has 0 aliphatic heterocycles. The van der Waals surface area contributed by atoms with Crippen LogP contribution in [0.25, 0.3) is 0 Å². The summed E-state index contributed by atoms with van der Waals surface area (Å²) in [5.74, 6) is 0.976. The van der Waals surface area contributed by atoms with Crippen molar-refractivity contribution >= 4 is 5.91 Å². The van der Waals surface area contributed by atoms with Gasteiger partial charge in [-0.05, 0) is 18.8 Å². The van der Waals surface area contributed by atoms with Crippen LogP contribution in [0.4, 0.5) is 0 Å². The number of carbonyl (C=O) groups excluding carboxylic acids is 1. The Balaban J connectivity index is 3.17. The molecular formula is C11H23NO. The fourth-order valence-corrected chi connectivity index (χ4v) is 1.19. The second kappa shape index (κ2) is 8.09. The zero-order valence-corrected chi connectivity index (χ0v) is 9.23. The van der Waals surface area contributed by atoms with Crippen molar-refractivity contribution in [2.45, 2.75) is 52.9 Å². The fourth-order valence-electron chi connectivity index (χ4n) is 1.19. The Kier molecular flexibility index (Phi) is 7.76. The Bertz CT molecular complexity index is 132. The maximum Gasteiger partial charge on any atom is 0.219 e. The molecule has 0 spiro atoms. The van der Waals surface area contributed by atoms with Crippen molar-refractivity contribution in [3.8, 4) is 0 Å². The zero-order chi connectivity index (χ0) is 10.1. The number of amides is 1. The van der Waals surface area contributed by atoms with Crippen LogP contribution in [0.2, 0.25) is 0 Å². The number of rotatable bonds is 7. The smallest absolute Gasteiger partial charge is 0.219 e. The second-order valence-corrected chi connectivity index (χ2v) is 3.99. The van der Waals surface area contributed by atoms with Gasteiger partial charge < -0.3 is 5.32 Å². The maximum absolute atomic E-state index is 11.1. The molecule has 0 atom stereocenters. The number of nitrogens with one attached hydrogen (secondary N) is 1. The molecule has 78 valence electrons. The topological polar surface area (TPSA) is 29.1 Å². The summed E-state index contributed by atoms with van der Waals surface area (Å²) in [6, 6.07) is 0. The molecule has 0 saturated heterocycles. The van der Waals surface area contributed by atoms with Crippen LogP contribution in [0.15, 0.2) is 0 Å². The van der Waals surface area contributed by atoms with Crippen LogP contribution in [-0.4, -0.2) is 12.5 Å². The normalized spacial score (nSPS) is 10.5. The summed E-state index contributed by atoms with van der Waals surface area (Å²) in [7, 11) is 0. The molecule has 0 aromatic carbocycles. The molecule has 0 radical (unpaired) electrons. The molecule has 2 nitrogen and oxygen atoms in total. The number of unbranched alkanes of at least 4 members (excludes halogenated alkanes) is 1. The molecule has 0 unspecified atom stereocenters. The summed E-state index contributed by atoms with van der Waals surface area (Å²) in [4.78, 5) is 11.1. The fraction of sp³-hybridized carbons (Fsp3) is 0.909. The van der Waals surface area contributed by atoms with E-state index in [9.17, 15) is 4.79 Å². The SMILES string of the molecule is CCCNC(=O)CCCCC(C)C. The number of hydrogen-bond donors (Lipinski definition) is 1. The quantitative estimate of drug-likeness (QED) is 0.607. The van der Waals surface area contributed by atoms with Gasteiger partial charge in [0.15, 0.2) is 0 Å². The minimum absolute atomic E-state index is 0.214. The lowest BCUT2D eigenvalue weighted by Crippen LogP contribution is -2.23. The first-order valence-electron chi connectivity index (χ1n) is 5.43. The lowest BCUT2D eigenvalue weighted by molar-refractivity contribution is -0.121. The summed E-state index contributed by atoms with van der Waals surface area (Å²) in [5.41, 5.74) is 0. The first-order chi connectivity index (χ1) is 6.16. The van der Waals surface area contributed by atoms with E-state index in [-0.39, 0.29) is 5.91 Å². The number of carbonyl (C=O) groups is 1. The summed E-state index contributed by atoms with van der Waals surface area (Å²) < 4.78 is 0. The minimum Gasteiger partial charge on any atom is -0.356 e. The summed E-state index contributed by atoms with van der Waals surface area (Å²) in [6.45, 7) is 7.33. The average Bonchev–Trinajstić information content (AvgIpc) is 2.08. The van der Waals surface area contributed by atoms with E-state index >= 15 is 0 Å². The van der Waals surface area contributed by atoms with Gasteiger partial charge in [0.2, 0.25) is 5.91 Å². The lowest BCUT2D eigenvalue weighted by Gasteiger charge is -2.04. The molecule has 0 heterocycles. The highest BCUT2D eigenvalue weighted by Crippen LogP contribution is 2.07. The molecule has 0 aliphatic rings. The van der Waals surface area contributed by atoms with Crippen LogP contribution in [0.3, 0.4) is 0 Å². The molecule has 0 saturated carbocycles. The van der Waals surface area contributed by atoms with Crippen molar-refractivity contribution in [1.29, 1.82) is 0 Å². The van der Waals surface area contributed by atoms with Gasteiger partial charge in [-0.3, -0.25) is 4.79 Å². The van der Waals surface area contributed by atoms with E-state index in [1.165, 1.54) is 12.8 Å². The molecule has 1 N–H and O–H groups in total. The van der Waals surface area contributed by atoms with Gasteiger partial charge in [0.05, 0.1) is 0 Å². The van der Waals surface area contributed by atoms with Gasteiger partial charge >= 0.3 is 0 Å². The highest BCUT2D eigenvalue weighted by atomic mass is 16.1. The Morgan fingerprint density at radius 1 is 1.31 bits per heavy atom. The summed E-state index contributed by atoms with van der Waals surface area (Å²) >= 11 is 0. The number of hydrogen-bond acceptors (Lipinski definition) is 1. The summed E-state index contributed by atoms with van der Waals surface area (Å²) in [5, 5.41) is 2.88. The standard InChI is InChI=1S/C11H23NO/c1-4-9-12-11(13)8-6-5-7-10(2)3/h10H,4-9H2,1-3H3,(H,12,13). The third-order valence-corrected chi connectivity index (χ3v) is 2.01. The minimum atomic E-state index is 0.214. The van der Waals surface area contributed by atoms with Gasteiger partial charge in [0.25, 0.3) is 0 Å². The van der Waals surface area contributed by atoms with Crippen molar-refractivity contribution in [3.05, 3.63) is 0 Å². The van der Waals surface area contributed by atoms with Crippen molar-refractivity contribution < 1.29 is 4.79 Å². The Hall–Kier alpha value is -0.530. The molecule has 0 aliphatic carbocycles. The Labute approximate surface area is 82.1 Å². The van der Waals surface area contributed by atoms with Crippen molar-refractivity contribution in [3.63, 3.8) is 0 Å². The van der Waals surface area contributed by atoms with E-state index in [1.54, 1.807) is 0 Å². The second-order valence-electron chi connectivity index (χ2n) is 3.99. The van der Waals surface area contributed by atoms with Crippen molar-refractivity contribution in [1.82, 2.24) is 5.32 Å². The van der Waals surface area contributed by atoms with Gasteiger partial charge in [-0.25, -0.2) is 0 Å². The lowest BCUT2D eigenvalue weighted by atomic mass is 10.1. The third kappa shape index (κ3) is 9.38. The first-order valence-corrected chi connectivity index (χ1v) is 5.43. The van der Waals surface area contributed by atoms with Gasteiger partial charge in [-0.15, -0.1) is 0 Å². The molecule has 2 heteroatoms. The van der Waals surface area contributed by atoms with Crippen LogP contribution >= 0.6 is 0 Å². The van der Waals surface area contributed by atoms with E-state index in [1.807, 2.05) is 0 Å². The monoisotopic (exact) mass is 185 g/mol. The Morgan fingerprint density at radius 3 is 2.54 bits per heavy atom. The van der Waals surface area contributed by atoms with Gasteiger partial charge in [0, 0.05) is 13.0 Å². The van der Waals surface area contributed by atoms with Crippen LogP contribution in [0.1, 0.15) is 52.9 Å².